The number of methoxy groups -OCH3 is 2. The van der Waals surface area contributed by atoms with Crippen molar-refractivity contribution in [2.75, 3.05) is 53.6 Å². The van der Waals surface area contributed by atoms with Gasteiger partial charge in [0.2, 0.25) is 5.91 Å². The first kappa shape index (κ1) is 30.8. The van der Waals surface area contributed by atoms with Crippen molar-refractivity contribution in [2.45, 2.75) is 58.0 Å². The van der Waals surface area contributed by atoms with Crippen LogP contribution >= 0.6 is 0 Å². The molecule has 1 unspecified atom stereocenters. The number of hydrogen-bond acceptors (Lipinski definition) is 6. The number of amides is 2. The van der Waals surface area contributed by atoms with Gasteiger partial charge in [0.05, 0.1) is 19.6 Å². The smallest absolute Gasteiger partial charge is 0.254 e. The molecule has 8 nitrogen and oxygen atoms in total. The van der Waals surface area contributed by atoms with E-state index < -0.39 is 0 Å². The van der Waals surface area contributed by atoms with Crippen LogP contribution in [0.2, 0.25) is 0 Å². The highest BCUT2D eigenvalue weighted by Crippen LogP contribution is 2.34. The SMILES string of the molecule is COCCCOc1cc(C(=O)N(C[C@@H]2CNC[C@H]2CN(C(=O)C(C)c2ccccc2)C2CC2)C(C)C)ccc1OC. The largest absolute Gasteiger partial charge is 0.493 e. The summed E-state index contributed by atoms with van der Waals surface area (Å²) in [6, 6.07) is 15.8. The number of carbonyl (C=O) groups is 2. The second-order valence-corrected chi connectivity index (χ2v) is 11.6. The van der Waals surface area contributed by atoms with Gasteiger partial charge < -0.3 is 29.3 Å². The summed E-state index contributed by atoms with van der Waals surface area (Å²) in [5, 5.41) is 3.54. The lowest BCUT2D eigenvalue weighted by atomic mass is 9.92. The third-order valence-electron chi connectivity index (χ3n) is 8.33. The number of nitrogens with zero attached hydrogens (tertiary/aromatic N) is 2. The Morgan fingerprint density at radius 2 is 1.63 bits per heavy atom. The van der Waals surface area contributed by atoms with Crippen LogP contribution in [0.5, 0.6) is 11.5 Å². The van der Waals surface area contributed by atoms with E-state index in [4.69, 9.17) is 14.2 Å². The molecular formula is C33H47N3O5. The van der Waals surface area contributed by atoms with Crippen LogP contribution in [-0.2, 0) is 9.53 Å². The number of nitrogens with one attached hydrogen (secondary N) is 1. The van der Waals surface area contributed by atoms with Gasteiger partial charge in [-0.15, -0.1) is 0 Å². The Morgan fingerprint density at radius 3 is 2.27 bits per heavy atom. The lowest BCUT2D eigenvalue weighted by molar-refractivity contribution is -0.133. The Balaban J connectivity index is 1.45. The monoisotopic (exact) mass is 565 g/mol. The molecule has 1 saturated heterocycles. The molecule has 1 saturated carbocycles. The van der Waals surface area contributed by atoms with E-state index in [1.165, 1.54) is 0 Å². The van der Waals surface area contributed by atoms with E-state index in [9.17, 15) is 9.59 Å². The summed E-state index contributed by atoms with van der Waals surface area (Å²) < 4.78 is 16.5. The predicted molar refractivity (Wildman–Crippen MR) is 161 cm³/mol. The molecule has 2 aromatic carbocycles. The van der Waals surface area contributed by atoms with Gasteiger partial charge in [0.1, 0.15) is 0 Å². The minimum absolute atomic E-state index is 0.0243. The highest BCUT2D eigenvalue weighted by atomic mass is 16.5. The molecule has 41 heavy (non-hydrogen) atoms. The molecule has 2 aliphatic rings. The number of hydrogen-bond donors (Lipinski definition) is 1. The van der Waals surface area contributed by atoms with Crippen LogP contribution in [0, 0.1) is 11.8 Å². The molecule has 0 radical (unpaired) electrons. The molecule has 1 aliphatic carbocycles. The first-order valence-corrected chi connectivity index (χ1v) is 15.0. The molecular weight excluding hydrogens is 518 g/mol. The maximum Gasteiger partial charge on any atom is 0.254 e. The number of carbonyl (C=O) groups excluding carboxylic acids is 2. The van der Waals surface area contributed by atoms with Crippen LogP contribution in [0.4, 0.5) is 0 Å². The van der Waals surface area contributed by atoms with Gasteiger partial charge in [-0.05, 0) is 69.2 Å². The molecule has 2 aromatic rings. The third-order valence-corrected chi connectivity index (χ3v) is 8.33. The zero-order valence-electron chi connectivity index (χ0n) is 25.3. The van der Waals surface area contributed by atoms with Crippen LogP contribution in [-0.4, -0.2) is 87.3 Å². The van der Waals surface area contributed by atoms with Crippen LogP contribution in [0.3, 0.4) is 0 Å². The molecule has 2 amide bonds. The zero-order chi connectivity index (χ0) is 29.4. The van der Waals surface area contributed by atoms with Crippen molar-refractivity contribution in [1.82, 2.24) is 15.1 Å². The van der Waals surface area contributed by atoms with Crippen molar-refractivity contribution in [3.05, 3.63) is 59.7 Å². The zero-order valence-corrected chi connectivity index (χ0v) is 25.3. The molecule has 1 N–H and O–H groups in total. The predicted octanol–water partition coefficient (Wildman–Crippen LogP) is 4.59. The molecule has 0 bridgehead atoms. The lowest BCUT2D eigenvalue weighted by Crippen LogP contribution is -2.45. The van der Waals surface area contributed by atoms with Gasteiger partial charge in [0, 0.05) is 64.0 Å². The van der Waals surface area contributed by atoms with Gasteiger partial charge >= 0.3 is 0 Å². The average molecular weight is 566 g/mol. The Labute approximate surface area is 245 Å². The van der Waals surface area contributed by atoms with Crippen molar-refractivity contribution < 1.29 is 23.8 Å². The maximum absolute atomic E-state index is 13.8. The van der Waals surface area contributed by atoms with Crippen molar-refractivity contribution in [1.29, 1.82) is 0 Å². The minimum Gasteiger partial charge on any atom is -0.493 e. The average Bonchev–Trinajstić information content (AvgIpc) is 3.74. The van der Waals surface area contributed by atoms with Crippen LogP contribution in [0.25, 0.3) is 0 Å². The van der Waals surface area contributed by atoms with E-state index in [1.54, 1.807) is 32.4 Å². The Morgan fingerprint density at radius 1 is 0.927 bits per heavy atom. The van der Waals surface area contributed by atoms with E-state index in [0.717, 1.165) is 44.5 Å². The second-order valence-electron chi connectivity index (χ2n) is 11.6. The maximum atomic E-state index is 13.8. The Hall–Kier alpha value is -3.10. The van der Waals surface area contributed by atoms with Crippen molar-refractivity contribution >= 4 is 11.8 Å². The van der Waals surface area contributed by atoms with Gasteiger partial charge in [-0.1, -0.05) is 30.3 Å². The fourth-order valence-corrected chi connectivity index (χ4v) is 5.66. The minimum atomic E-state index is -0.167. The number of ether oxygens (including phenoxy) is 3. The van der Waals surface area contributed by atoms with E-state index in [1.807, 2.05) is 42.2 Å². The van der Waals surface area contributed by atoms with E-state index in [0.29, 0.717) is 42.9 Å². The van der Waals surface area contributed by atoms with Gasteiger partial charge in [0.15, 0.2) is 11.5 Å². The van der Waals surface area contributed by atoms with E-state index in [2.05, 4.69) is 24.1 Å². The summed E-state index contributed by atoms with van der Waals surface area (Å²) in [5.74, 6) is 1.71. The molecule has 3 atom stereocenters. The number of rotatable bonds is 15. The highest BCUT2D eigenvalue weighted by molar-refractivity contribution is 5.95. The fourth-order valence-electron chi connectivity index (χ4n) is 5.66. The first-order valence-electron chi connectivity index (χ1n) is 15.0. The Kier molecular flexibility index (Phi) is 11.1. The summed E-state index contributed by atoms with van der Waals surface area (Å²) in [4.78, 5) is 31.6. The third kappa shape index (κ3) is 8.01. The van der Waals surface area contributed by atoms with Crippen LogP contribution in [0.15, 0.2) is 48.5 Å². The van der Waals surface area contributed by atoms with Gasteiger partial charge in [-0.3, -0.25) is 9.59 Å². The molecule has 224 valence electrons. The summed E-state index contributed by atoms with van der Waals surface area (Å²) in [5.41, 5.74) is 1.64. The molecule has 8 heteroatoms. The van der Waals surface area contributed by atoms with Crippen molar-refractivity contribution in [3.8, 4) is 11.5 Å². The highest BCUT2D eigenvalue weighted by Gasteiger charge is 2.39. The van der Waals surface area contributed by atoms with E-state index >= 15 is 0 Å². The van der Waals surface area contributed by atoms with Crippen molar-refractivity contribution in [3.63, 3.8) is 0 Å². The summed E-state index contributed by atoms with van der Waals surface area (Å²) in [7, 11) is 3.26. The second kappa shape index (κ2) is 14.7. The van der Waals surface area contributed by atoms with Crippen LogP contribution < -0.4 is 14.8 Å². The summed E-state index contributed by atoms with van der Waals surface area (Å²) in [6.07, 6.45) is 2.89. The standard InChI is InChI=1S/C33H47N3O5/c1-23(2)35(33(38)26-12-15-30(40-5)31(18-26)41-17-9-16-39-4)21-27-19-34-20-28(27)22-36(29-13-14-29)32(37)24(3)25-10-7-6-8-11-25/h6-8,10-12,15,18,23-24,27-29,34H,9,13-14,16-17,19-22H2,1-5H3/t24?,27-,28-/m0/s1. The fraction of sp³-hybridized carbons (Fsp3) is 0.576. The quantitative estimate of drug-likeness (QED) is 0.318. The molecule has 0 aromatic heterocycles. The summed E-state index contributed by atoms with van der Waals surface area (Å²) in [6.45, 7) is 10.2. The molecule has 1 aliphatic heterocycles. The Bertz CT molecular complexity index is 1140. The first-order chi connectivity index (χ1) is 19.8. The normalized spacial score (nSPS) is 19.2. The molecule has 0 spiro atoms. The molecule has 1 heterocycles. The molecule has 4 rings (SSSR count). The summed E-state index contributed by atoms with van der Waals surface area (Å²) >= 11 is 0. The molecule has 2 fully saturated rings. The van der Waals surface area contributed by atoms with Gasteiger partial charge in [-0.25, -0.2) is 0 Å². The van der Waals surface area contributed by atoms with Gasteiger partial charge in [0.25, 0.3) is 5.91 Å². The van der Waals surface area contributed by atoms with E-state index in [-0.39, 0.29) is 35.6 Å². The number of benzene rings is 2. The topological polar surface area (TPSA) is 80.3 Å². The lowest BCUT2D eigenvalue weighted by Gasteiger charge is -2.34. The van der Waals surface area contributed by atoms with Crippen molar-refractivity contribution in [2.24, 2.45) is 11.8 Å². The van der Waals surface area contributed by atoms with Gasteiger partial charge in [-0.2, -0.15) is 0 Å². The van der Waals surface area contributed by atoms with Crippen LogP contribution in [0.1, 0.15) is 61.9 Å².